The van der Waals surface area contributed by atoms with Crippen molar-refractivity contribution in [1.82, 2.24) is 19.3 Å². The summed E-state index contributed by atoms with van der Waals surface area (Å²) in [7, 11) is 0. The van der Waals surface area contributed by atoms with Gasteiger partial charge in [0.1, 0.15) is 11.6 Å². The van der Waals surface area contributed by atoms with Crippen LogP contribution in [0.3, 0.4) is 0 Å². The van der Waals surface area contributed by atoms with Crippen LogP contribution >= 0.6 is 0 Å². The summed E-state index contributed by atoms with van der Waals surface area (Å²) in [5, 5.41) is 14.5. The van der Waals surface area contributed by atoms with Gasteiger partial charge in [-0.2, -0.15) is 10.4 Å². The Labute approximate surface area is 163 Å². The lowest BCUT2D eigenvalue weighted by Crippen LogP contribution is -2.22. The molecule has 7 nitrogen and oxygen atoms in total. The van der Waals surface area contributed by atoms with Gasteiger partial charge in [-0.1, -0.05) is 19.1 Å². The molecule has 142 valence electrons. The van der Waals surface area contributed by atoms with Gasteiger partial charge in [-0.15, -0.1) is 0 Å². The largest absolute Gasteiger partial charge is 0.422 e. The van der Waals surface area contributed by atoms with Gasteiger partial charge >= 0.3 is 0 Å². The maximum absolute atomic E-state index is 9.80. The van der Waals surface area contributed by atoms with Crippen LogP contribution in [0, 0.1) is 11.3 Å². The van der Waals surface area contributed by atoms with E-state index in [-0.39, 0.29) is 17.8 Å². The fourth-order valence-corrected chi connectivity index (χ4v) is 3.63. The molecule has 3 heterocycles. The van der Waals surface area contributed by atoms with Crippen LogP contribution in [-0.2, 0) is 6.42 Å². The summed E-state index contributed by atoms with van der Waals surface area (Å²) >= 11 is 0. The Balaban J connectivity index is 1.87. The zero-order valence-electron chi connectivity index (χ0n) is 16.1. The quantitative estimate of drug-likeness (QED) is 0.755. The van der Waals surface area contributed by atoms with E-state index in [1.807, 2.05) is 53.6 Å². The van der Waals surface area contributed by atoms with Gasteiger partial charge in [-0.25, -0.2) is 9.67 Å². The van der Waals surface area contributed by atoms with Crippen LogP contribution in [0.4, 0.5) is 0 Å². The minimum atomic E-state index is -0.298. The lowest BCUT2D eigenvalue weighted by Gasteiger charge is -2.25. The van der Waals surface area contributed by atoms with Crippen LogP contribution < -0.4 is 10.5 Å². The third-order valence-electron chi connectivity index (χ3n) is 5.00. The normalized spacial score (nSPS) is 16.0. The van der Waals surface area contributed by atoms with Crippen LogP contribution in [0.5, 0.6) is 5.88 Å². The van der Waals surface area contributed by atoms with E-state index < -0.39 is 0 Å². The van der Waals surface area contributed by atoms with Crippen molar-refractivity contribution < 1.29 is 4.74 Å². The first kappa shape index (κ1) is 17.9. The van der Waals surface area contributed by atoms with Gasteiger partial charge in [-0.05, 0) is 38.0 Å². The number of hydrogen-bond donors (Lipinski definition) is 1. The van der Waals surface area contributed by atoms with E-state index in [0.29, 0.717) is 11.5 Å². The number of hydrogen-bond acceptors (Lipinski definition) is 5. The van der Waals surface area contributed by atoms with Crippen molar-refractivity contribution in [1.29, 1.82) is 5.26 Å². The highest BCUT2D eigenvalue weighted by molar-refractivity contribution is 5.56. The van der Waals surface area contributed by atoms with Crippen molar-refractivity contribution in [3.8, 4) is 17.6 Å². The molecule has 0 fully saturated rings. The van der Waals surface area contributed by atoms with Crippen molar-refractivity contribution in [2.24, 2.45) is 5.73 Å². The van der Waals surface area contributed by atoms with Crippen LogP contribution in [0.2, 0.25) is 0 Å². The molecule has 1 unspecified atom stereocenters. The van der Waals surface area contributed by atoms with Crippen molar-refractivity contribution in [2.75, 3.05) is 0 Å². The van der Waals surface area contributed by atoms with E-state index >= 15 is 0 Å². The summed E-state index contributed by atoms with van der Waals surface area (Å²) in [5.74, 6) is 0.475. The lowest BCUT2D eigenvalue weighted by molar-refractivity contribution is 0.334. The number of aryl methyl sites for hydroxylation is 1. The van der Waals surface area contributed by atoms with Gasteiger partial charge in [0.15, 0.2) is 0 Å². The molecule has 4 rings (SSSR count). The molecule has 0 radical (unpaired) electrons. The second kappa shape index (κ2) is 6.89. The molecule has 3 aromatic rings. The predicted molar refractivity (Wildman–Crippen MR) is 105 cm³/mol. The number of aromatic nitrogens is 4. The first-order chi connectivity index (χ1) is 13.5. The monoisotopic (exact) mass is 374 g/mol. The first-order valence-corrected chi connectivity index (χ1v) is 9.32. The fourth-order valence-electron chi connectivity index (χ4n) is 3.63. The fraction of sp³-hybridized carbons (Fsp3) is 0.286. The number of allylic oxidation sites excluding steroid dienone is 1. The second-order valence-electron chi connectivity index (χ2n) is 7.04. The van der Waals surface area contributed by atoms with Gasteiger partial charge in [0, 0.05) is 18.1 Å². The second-order valence-corrected chi connectivity index (χ2v) is 7.04. The summed E-state index contributed by atoms with van der Waals surface area (Å²) in [6.07, 6.45) is 6.13. The molecule has 28 heavy (non-hydrogen) atoms. The Morgan fingerprint density at radius 1 is 1.29 bits per heavy atom. The molecule has 0 bridgehead atoms. The van der Waals surface area contributed by atoms with Crippen molar-refractivity contribution in [3.05, 3.63) is 71.3 Å². The number of fused-ring (bicyclic) bond motifs is 1. The number of imidazole rings is 1. The summed E-state index contributed by atoms with van der Waals surface area (Å²) in [6, 6.07) is 10.4. The highest BCUT2D eigenvalue weighted by atomic mass is 16.5. The summed E-state index contributed by atoms with van der Waals surface area (Å²) in [4.78, 5) is 4.09. The average Bonchev–Trinajstić information content (AvgIpc) is 3.35. The van der Waals surface area contributed by atoms with E-state index in [2.05, 4.69) is 18.0 Å². The molecule has 2 N–H and O–H groups in total. The third kappa shape index (κ3) is 2.74. The molecule has 1 atom stereocenters. The molecule has 0 aliphatic carbocycles. The molecule has 0 spiro atoms. The maximum atomic E-state index is 9.80. The Morgan fingerprint density at radius 2 is 2.04 bits per heavy atom. The maximum Gasteiger partial charge on any atom is 0.224 e. The third-order valence-corrected chi connectivity index (χ3v) is 5.00. The minimum Gasteiger partial charge on any atom is -0.422 e. The molecular formula is C21H22N6O. The number of nitrogens with zero attached hydrogens (tertiary/aromatic N) is 5. The average molecular weight is 374 g/mol. The summed E-state index contributed by atoms with van der Waals surface area (Å²) < 4.78 is 9.65. The van der Waals surface area contributed by atoms with Crippen LogP contribution in [0.15, 0.2) is 54.4 Å². The van der Waals surface area contributed by atoms with Crippen molar-refractivity contribution >= 4 is 0 Å². The van der Waals surface area contributed by atoms with Crippen LogP contribution in [-0.4, -0.2) is 19.3 Å². The summed E-state index contributed by atoms with van der Waals surface area (Å²) in [6.45, 7) is 6.15. The van der Waals surface area contributed by atoms with Gasteiger partial charge in [0.05, 0.1) is 29.5 Å². The minimum absolute atomic E-state index is 0.120. The smallest absolute Gasteiger partial charge is 0.224 e. The number of nitrogens with two attached hydrogens (primary N) is 1. The SMILES string of the molecule is CCc1nn(C(C)C)c2c1C(c1ccc(-n3ccnc3)cc1)C(C#N)=C(N)O2. The highest BCUT2D eigenvalue weighted by Crippen LogP contribution is 2.45. The van der Waals surface area contributed by atoms with Crippen molar-refractivity contribution in [2.45, 2.75) is 39.2 Å². The molecule has 0 saturated heterocycles. The van der Waals surface area contributed by atoms with E-state index in [9.17, 15) is 5.26 Å². The van der Waals surface area contributed by atoms with E-state index in [1.54, 1.807) is 12.5 Å². The number of ether oxygens (including phenoxy) is 1. The lowest BCUT2D eigenvalue weighted by atomic mass is 9.83. The number of nitriles is 1. The van der Waals surface area contributed by atoms with Crippen LogP contribution in [0.25, 0.3) is 5.69 Å². The predicted octanol–water partition coefficient (Wildman–Crippen LogP) is 3.43. The standard InChI is InChI=1S/C21H22N6O/c1-4-17-19-18(14-5-7-15(8-6-14)26-10-9-24-12-26)16(11-22)20(23)28-21(19)27(25-17)13(2)3/h5-10,12-13,18H,4,23H2,1-3H3. The van der Waals surface area contributed by atoms with E-state index in [0.717, 1.165) is 28.9 Å². The first-order valence-electron chi connectivity index (χ1n) is 9.32. The molecule has 1 aliphatic rings. The zero-order valence-corrected chi connectivity index (χ0v) is 16.1. The Morgan fingerprint density at radius 3 is 2.61 bits per heavy atom. The number of benzene rings is 1. The van der Waals surface area contributed by atoms with Gasteiger partial charge in [0.25, 0.3) is 0 Å². The molecule has 0 amide bonds. The molecule has 2 aromatic heterocycles. The van der Waals surface area contributed by atoms with Gasteiger partial charge in [0.2, 0.25) is 11.8 Å². The summed E-state index contributed by atoms with van der Waals surface area (Å²) in [5.41, 5.74) is 10.4. The zero-order chi connectivity index (χ0) is 19.8. The van der Waals surface area contributed by atoms with E-state index in [4.69, 9.17) is 15.6 Å². The Bertz CT molecular complexity index is 1070. The molecule has 1 aliphatic heterocycles. The van der Waals surface area contributed by atoms with Crippen molar-refractivity contribution in [3.63, 3.8) is 0 Å². The van der Waals surface area contributed by atoms with Gasteiger partial charge in [-0.3, -0.25) is 0 Å². The Hall–Kier alpha value is -3.53. The highest BCUT2D eigenvalue weighted by Gasteiger charge is 2.36. The Kier molecular flexibility index (Phi) is 4.40. The van der Waals surface area contributed by atoms with Crippen LogP contribution in [0.1, 0.15) is 49.6 Å². The molecular weight excluding hydrogens is 352 g/mol. The topological polar surface area (TPSA) is 94.7 Å². The van der Waals surface area contributed by atoms with Gasteiger partial charge < -0.3 is 15.0 Å². The molecule has 7 heteroatoms. The molecule has 0 saturated carbocycles. The number of rotatable bonds is 4. The van der Waals surface area contributed by atoms with E-state index in [1.165, 1.54) is 0 Å². The molecule has 1 aromatic carbocycles.